The summed E-state index contributed by atoms with van der Waals surface area (Å²) in [5.41, 5.74) is 0. The smallest absolute Gasteiger partial charge is 0.195 e. The molecule has 1 N–H and O–H groups in total. The van der Waals surface area contributed by atoms with Gasteiger partial charge in [-0.3, -0.25) is 0 Å². The molecule has 0 saturated carbocycles. The standard InChI is InChI=1S/C11H22O3Si/c1-11(2,3)15(4,5)14-10-7-6-9(12)8-13-10/h6-7,9-10,12H,8H2,1-5H3/t9-,10-/m1/s1. The molecule has 1 rings (SSSR count). The highest BCUT2D eigenvalue weighted by Crippen LogP contribution is 2.37. The van der Waals surface area contributed by atoms with E-state index in [1.807, 2.05) is 0 Å². The molecule has 15 heavy (non-hydrogen) atoms. The fraction of sp³-hybridized carbons (Fsp3) is 0.818. The molecule has 0 aliphatic carbocycles. The fourth-order valence-electron chi connectivity index (χ4n) is 1.06. The summed E-state index contributed by atoms with van der Waals surface area (Å²) in [6.45, 7) is 11.3. The van der Waals surface area contributed by atoms with Gasteiger partial charge in [0.15, 0.2) is 14.6 Å². The minimum atomic E-state index is -1.77. The lowest BCUT2D eigenvalue weighted by molar-refractivity contribution is -0.0857. The Bertz CT molecular complexity index is 243. The van der Waals surface area contributed by atoms with Crippen molar-refractivity contribution in [2.24, 2.45) is 0 Å². The summed E-state index contributed by atoms with van der Waals surface area (Å²) >= 11 is 0. The zero-order chi connectivity index (χ0) is 11.7. The van der Waals surface area contributed by atoms with Gasteiger partial charge in [0.2, 0.25) is 0 Å². The summed E-state index contributed by atoms with van der Waals surface area (Å²) in [7, 11) is -1.77. The van der Waals surface area contributed by atoms with Gasteiger partial charge in [-0.15, -0.1) is 0 Å². The largest absolute Gasteiger partial charge is 0.389 e. The Morgan fingerprint density at radius 3 is 2.33 bits per heavy atom. The normalized spacial score (nSPS) is 28.1. The molecule has 0 aromatic carbocycles. The van der Waals surface area contributed by atoms with E-state index < -0.39 is 14.4 Å². The van der Waals surface area contributed by atoms with Crippen LogP contribution in [0.15, 0.2) is 12.2 Å². The van der Waals surface area contributed by atoms with Crippen LogP contribution in [0, 0.1) is 0 Å². The van der Waals surface area contributed by atoms with Crippen molar-refractivity contribution in [3.63, 3.8) is 0 Å². The second-order valence-electron chi connectivity index (χ2n) is 5.53. The highest BCUT2D eigenvalue weighted by atomic mass is 28.4. The molecule has 1 heterocycles. The van der Waals surface area contributed by atoms with E-state index in [4.69, 9.17) is 9.16 Å². The van der Waals surface area contributed by atoms with Crippen LogP contribution in [0.25, 0.3) is 0 Å². The van der Waals surface area contributed by atoms with Gasteiger partial charge in [-0.05, 0) is 24.2 Å². The molecule has 0 unspecified atom stereocenters. The van der Waals surface area contributed by atoms with Crippen molar-refractivity contribution in [3.05, 3.63) is 12.2 Å². The van der Waals surface area contributed by atoms with Crippen LogP contribution in [0.1, 0.15) is 20.8 Å². The molecule has 1 aliphatic heterocycles. The summed E-state index contributed by atoms with van der Waals surface area (Å²) in [5.74, 6) is 0. The predicted molar refractivity (Wildman–Crippen MR) is 63.2 cm³/mol. The first-order valence-corrected chi connectivity index (χ1v) is 8.29. The number of aliphatic hydroxyl groups is 1. The predicted octanol–water partition coefficient (Wildman–Crippen LogP) is 2.28. The third kappa shape index (κ3) is 3.41. The Kier molecular flexibility index (Phi) is 3.76. The van der Waals surface area contributed by atoms with E-state index in [-0.39, 0.29) is 11.3 Å². The van der Waals surface area contributed by atoms with Gasteiger partial charge in [-0.2, -0.15) is 0 Å². The SMILES string of the molecule is CC(C)(C)[Si](C)(C)O[C@@H]1C=C[C@@H](O)CO1. The summed E-state index contributed by atoms with van der Waals surface area (Å²) in [5, 5.41) is 9.41. The molecule has 1 aliphatic rings. The van der Waals surface area contributed by atoms with E-state index in [9.17, 15) is 5.11 Å². The Balaban J connectivity index is 2.59. The van der Waals surface area contributed by atoms with Crippen LogP contribution in [-0.4, -0.2) is 32.4 Å². The Morgan fingerprint density at radius 1 is 1.33 bits per heavy atom. The molecule has 2 atom stereocenters. The molecule has 0 saturated heterocycles. The minimum Gasteiger partial charge on any atom is -0.389 e. The van der Waals surface area contributed by atoms with Gasteiger partial charge in [-0.25, -0.2) is 0 Å². The molecule has 0 spiro atoms. The quantitative estimate of drug-likeness (QED) is 0.584. The van der Waals surface area contributed by atoms with Crippen LogP contribution in [0.4, 0.5) is 0 Å². The van der Waals surface area contributed by atoms with Gasteiger partial charge in [0, 0.05) is 0 Å². The highest BCUT2D eigenvalue weighted by Gasteiger charge is 2.39. The van der Waals surface area contributed by atoms with E-state index >= 15 is 0 Å². The summed E-state index contributed by atoms with van der Waals surface area (Å²) in [6, 6.07) is 0. The van der Waals surface area contributed by atoms with E-state index in [0.29, 0.717) is 6.61 Å². The van der Waals surface area contributed by atoms with Crippen molar-refractivity contribution in [1.82, 2.24) is 0 Å². The molecule has 88 valence electrons. The summed E-state index contributed by atoms with van der Waals surface area (Å²) in [4.78, 5) is 0. The average Bonchev–Trinajstić information content (AvgIpc) is 2.06. The van der Waals surface area contributed by atoms with Crippen LogP contribution < -0.4 is 0 Å². The number of ether oxygens (including phenoxy) is 1. The molecular weight excluding hydrogens is 208 g/mol. The van der Waals surface area contributed by atoms with Gasteiger partial charge in [0.25, 0.3) is 0 Å². The molecule has 0 aromatic rings. The number of hydrogen-bond acceptors (Lipinski definition) is 3. The van der Waals surface area contributed by atoms with Gasteiger partial charge < -0.3 is 14.3 Å². The maximum Gasteiger partial charge on any atom is 0.195 e. The summed E-state index contributed by atoms with van der Waals surface area (Å²) < 4.78 is 11.4. The van der Waals surface area contributed by atoms with Crippen LogP contribution in [0.3, 0.4) is 0 Å². The first-order valence-electron chi connectivity index (χ1n) is 5.38. The first kappa shape index (κ1) is 12.9. The van der Waals surface area contributed by atoms with Crippen LogP contribution >= 0.6 is 0 Å². The van der Waals surface area contributed by atoms with E-state index in [1.54, 1.807) is 12.2 Å². The average molecular weight is 230 g/mol. The van der Waals surface area contributed by atoms with E-state index in [1.165, 1.54) is 0 Å². The molecule has 0 aromatic heterocycles. The van der Waals surface area contributed by atoms with Crippen molar-refractivity contribution in [2.45, 2.75) is 51.3 Å². The number of rotatable bonds is 2. The van der Waals surface area contributed by atoms with Crippen LogP contribution in [0.5, 0.6) is 0 Å². The van der Waals surface area contributed by atoms with Crippen molar-refractivity contribution in [3.8, 4) is 0 Å². The maximum atomic E-state index is 9.23. The zero-order valence-corrected chi connectivity index (χ0v) is 11.3. The Hall–Kier alpha value is -0.163. The third-order valence-electron chi connectivity index (χ3n) is 3.14. The lowest BCUT2D eigenvalue weighted by atomic mass is 10.2. The minimum absolute atomic E-state index is 0.181. The van der Waals surface area contributed by atoms with Gasteiger partial charge >= 0.3 is 0 Å². The van der Waals surface area contributed by atoms with E-state index in [0.717, 1.165) is 0 Å². The third-order valence-corrected chi connectivity index (χ3v) is 7.57. The van der Waals surface area contributed by atoms with Gasteiger partial charge in [-0.1, -0.05) is 26.8 Å². The fourth-order valence-corrected chi connectivity index (χ4v) is 2.14. The monoisotopic (exact) mass is 230 g/mol. The molecule has 4 heteroatoms. The number of aliphatic hydroxyl groups excluding tert-OH is 1. The number of hydrogen-bond donors (Lipinski definition) is 1. The molecule has 0 amide bonds. The first-order chi connectivity index (χ1) is 6.72. The topological polar surface area (TPSA) is 38.7 Å². The molecule has 0 radical (unpaired) electrons. The van der Waals surface area contributed by atoms with Crippen LogP contribution in [-0.2, 0) is 9.16 Å². The van der Waals surface area contributed by atoms with Crippen molar-refractivity contribution in [2.75, 3.05) is 6.61 Å². The molecular formula is C11H22O3Si. The van der Waals surface area contributed by atoms with Crippen LogP contribution in [0.2, 0.25) is 18.1 Å². The lowest BCUT2D eigenvalue weighted by Crippen LogP contribution is -2.45. The lowest BCUT2D eigenvalue weighted by Gasteiger charge is -2.39. The molecule has 3 nitrogen and oxygen atoms in total. The molecule has 0 fully saturated rings. The molecule has 0 bridgehead atoms. The zero-order valence-electron chi connectivity index (χ0n) is 10.3. The van der Waals surface area contributed by atoms with Crippen molar-refractivity contribution in [1.29, 1.82) is 0 Å². The van der Waals surface area contributed by atoms with Crippen molar-refractivity contribution < 1.29 is 14.3 Å². The summed E-state index contributed by atoms with van der Waals surface area (Å²) in [6.07, 6.45) is 2.77. The maximum absolute atomic E-state index is 9.23. The second kappa shape index (κ2) is 4.37. The van der Waals surface area contributed by atoms with Gasteiger partial charge in [0.1, 0.15) is 0 Å². The van der Waals surface area contributed by atoms with Gasteiger partial charge in [0.05, 0.1) is 12.7 Å². The van der Waals surface area contributed by atoms with Crippen molar-refractivity contribution >= 4 is 8.32 Å². The second-order valence-corrected chi connectivity index (χ2v) is 10.3. The van der Waals surface area contributed by atoms with E-state index in [2.05, 4.69) is 33.9 Å². The highest BCUT2D eigenvalue weighted by molar-refractivity contribution is 6.74. The Morgan fingerprint density at radius 2 is 1.93 bits per heavy atom. The Labute approximate surface area is 93.2 Å².